The van der Waals surface area contributed by atoms with Crippen LogP contribution >= 0.6 is 0 Å². The van der Waals surface area contributed by atoms with Crippen molar-refractivity contribution in [3.05, 3.63) is 42.0 Å². The number of aliphatic hydroxyl groups is 2. The van der Waals surface area contributed by atoms with Crippen molar-refractivity contribution in [1.82, 2.24) is 0 Å². The number of hydrogen-bond acceptors (Lipinski definition) is 3. The van der Waals surface area contributed by atoms with Crippen molar-refractivity contribution >= 4 is 0 Å². The summed E-state index contributed by atoms with van der Waals surface area (Å²) in [5.41, 5.74) is 2.13. The number of phenolic OH excluding ortho intramolecular Hbond substituents is 1. The topological polar surface area (TPSA) is 60.7 Å². The molecule has 0 unspecified atom stereocenters. The summed E-state index contributed by atoms with van der Waals surface area (Å²) in [6, 6.07) is 6.00. The SMILES string of the molecule is C=C[C@@]12CCc3cc(O)ccc3[C@H]1[C@@H](CCCCCC(C)(C)O)C[C@@]1(C)[C@H]2CC[C@@H]1O. The molecule has 4 rings (SSSR count). The number of rotatable bonds is 7. The molecule has 0 aromatic heterocycles. The summed E-state index contributed by atoms with van der Waals surface area (Å²) in [4.78, 5) is 0. The standard InChI is InChI=1S/C28H42O3/c1-5-28-16-14-19-17-21(29)10-11-22(19)25(28)20(9-7-6-8-15-26(2,3)31)18-27(4)23(28)12-13-24(27)30/h5,10-11,17,20,23-25,29-31H,1,6-9,12-16,18H2,2-4H3/t20-,23+,24-,25+,27-,28-/m0/s1. The van der Waals surface area contributed by atoms with E-state index in [0.29, 0.717) is 23.5 Å². The molecule has 6 atom stereocenters. The average molecular weight is 427 g/mol. The Balaban J connectivity index is 1.64. The van der Waals surface area contributed by atoms with Gasteiger partial charge in [-0.1, -0.05) is 38.3 Å². The first kappa shape index (κ1) is 22.9. The van der Waals surface area contributed by atoms with Crippen LogP contribution in [0.25, 0.3) is 0 Å². The van der Waals surface area contributed by atoms with Gasteiger partial charge in [-0.05, 0) is 111 Å². The third kappa shape index (κ3) is 3.97. The van der Waals surface area contributed by atoms with E-state index in [0.717, 1.165) is 64.2 Å². The smallest absolute Gasteiger partial charge is 0.115 e. The van der Waals surface area contributed by atoms with Gasteiger partial charge < -0.3 is 15.3 Å². The van der Waals surface area contributed by atoms with Gasteiger partial charge in [0.15, 0.2) is 0 Å². The number of benzene rings is 1. The summed E-state index contributed by atoms with van der Waals surface area (Å²) in [6.45, 7) is 10.5. The Morgan fingerprint density at radius 3 is 2.68 bits per heavy atom. The Morgan fingerprint density at radius 1 is 1.19 bits per heavy atom. The van der Waals surface area contributed by atoms with Crippen molar-refractivity contribution in [1.29, 1.82) is 0 Å². The van der Waals surface area contributed by atoms with Crippen LogP contribution in [0.2, 0.25) is 0 Å². The number of allylic oxidation sites excluding steroid dienone is 1. The van der Waals surface area contributed by atoms with Crippen LogP contribution in [0.4, 0.5) is 0 Å². The summed E-state index contributed by atoms with van der Waals surface area (Å²) in [7, 11) is 0. The van der Waals surface area contributed by atoms with Gasteiger partial charge >= 0.3 is 0 Å². The van der Waals surface area contributed by atoms with E-state index in [4.69, 9.17) is 0 Å². The Kier molecular flexibility index (Phi) is 6.07. The lowest BCUT2D eigenvalue weighted by molar-refractivity contribution is -0.0812. The van der Waals surface area contributed by atoms with Crippen molar-refractivity contribution in [3.8, 4) is 5.75 Å². The molecule has 172 valence electrons. The number of aryl methyl sites for hydroxylation is 1. The number of aliphatic hydroxyl groups excluding tert-OH is 1. The molecule has 3 nitrogen and oxygen atoms in total. The van der Waals surface area contributed by atoms with Crippen LogP contribution in [-0.4, -0.2) is 27.0 Å². The van der Waals surface area contributed by atoms with Crippen molar-refractivity contribution in [3.63, 3.8) is 0 Å². The lowest BCUT2D eigenvalue weighted by Crippen LogP contribution is -2.54. The predicted molar refractivity (Wildman–Crippen MR) is 126 cm³/mol. The van der Waals surface area contributed by atoms with Gasteiger partial charge in [0.05, 0.1) is 11.7 Å². The summed E-state index contributed by atoms with van der Waals surface area (Å²) in [5.74, 6) is 1.78. The zero-order valence-corrected chi connectivity index (χ0v) is 19.7. The van der Waals surface area contributed by atoms with E-state index in [1.54, 1.807) is 0 Å². The van der Waals surface area contributed by atoms with Gasteiger partial charge in [-0.2, -0.15) is 0 Å². The molecular formula is C28H42O3. The van der Waals surface area contributed by atoms with E-state index >= 15 is 0 Å². The second kappa shape index (κ2) is 8.23. The van der Waals surface area contributed by atoms with Gasteiger partial charge in [0.1, 0.15) is 5.75 Å². The van der Waals surface area contributed by atoms with Crippen LogP contribution in [0.15, 0.2) is 30.9 Å². The van der Waals surface area contributed by atoms with E-state index in [2.05, 4.69) is 25.6 Å². The highest BCUT2D eigenvalue weighted by Gasteiger charge is 2.63. The van der Waals surface area contributed by atoms with Crippen molar-refractivity contribution in [2.24, 2.45) is 22.7 Å². The molecule has 3 heteroatoms. The number of fused-ring (bicyclic) bond motifs is 5. The van der Waals surface area contributed by atoms with E-state index in [-0.39, 0.29) is 16.9 Å². The molecule has 0 spiro atoms. The molecule has 0 amide bonds. The molecule has 31 heavy (non-hydrogen) atoms. The Bertz CT molecular complexity index is 809. The zero-order valence-electron chi connectivity index (χ0n) is 19.7. The minimum absolute atomic E-state index is 0.0309. The van der Waals surface area contributed by atoms with Crippen molar-refractivity contribution in [2.75, 3.05) is 0 Å². The van der Waals surface area contributed by atoms with E-state index in [1.165, 1.54) is 11.1 Å². The highest BCUT2D eigenvalue weighted by Crippen LogP contribution is 2.69. The molecule has 0 bridgehead atoms. The molecule has 3 N–H and O–H groups in total. The largest absolute Gasteiger partial charge is 0.508 e. The van der Waals surface area contributed by atoms with E-state index in [9.17, 15) is 15.3 Å². The number of hydrogen-bond donors (Lipinski definition) is 3. The molecule has 0 heterocycles. The summed E-state index contributed by atoms with van der Waals surface area (Å²) >= 11 is 0. The van der Waals surface area contributed by atoms with Crippen LogP contribution < -0.4 is 0 Å². The van der Waals surface area contributed by atoms with Gasteiger partial charge in [0.25, 0.3) is 0 Å². The normalized spacial score (nSPS) is 37.1. The molecule has 3 aliphatic rings. The molecule has 1 aromatic carbocycles. The average Bonchev–Trinajstić information content (AvgIpc) is 3.01. The second-order valence-electron chi connectivity index (χ2n) is 11.7. The molecule has 0 radical (unpaired) electrons. The molecule has 1 aromatic rings. The van der Waals surface area contributed by atoms with Crippen molar-refractivity contribution in [2.45, 2.75) is 103 Å². The molecule has 0 saturated heterocycles. The number of aromatic hydroxyl groups is 1. The van der Waals surface area contributed by atoms with Gasteiger partial charge in [-0.25, -0.2) is 0 Å². The molecule has 2 fully saturated rings. The monoisotopic (exact) mass is 426 g/mol. The fraction of sp³-hybridized carbons (Fsp3) is 0.714. The summed E-state index contributed by atoms with van der Waals surface area (Å²) in [6.07, 6.45) is 12.5. The Labute approximate surface area is 188 Å². The van der Waals surface area contributed by atoms with Crippen LogP contribution in [0.1, 0.15) is 95.6 Å². The van der Waals surface area contributed by atoms with E-state index < -0.39 is 5.60 Å². The zero-order chi connectivity index (χ0) is 22.4. The lowest BCUT2D eigenvalue weighted by Gasteiger charge is -2.60. The third-order valence-corrected chi connectivity index (χ3v) is 9.22. The van der Waals surface area contributed by atoms with Crippen LogP contribution in [0.3, 0.4) is 0 Å². The minimum Gasteiger partial charge on any atom is -0.508 e. The summed E-state index contributed by atoms with van der Waals surface area (Å²) < 4.78 is 0. The predicted octanol–water partition coefficient (Wildman–Crippen LogP) is 6.11. The quantitative estimate of drug-likeness (QED) is 0.364. The first-order chi connectivity index (χ1) is 14.6. The fourth-order valence-corrected chi connectivity index (χ4v) is 7.83. The van der Waals surface area contributed by atoms with Crippen LogP contribution in [0.5, 0.6) is 5.75 Å². The van der Waals surface area contributed by atoms with Crippen LogP contribution in [0, 0.1) is 22.7 Å². The molecule has 0 aliphatic heterocycles. The molecule has 2 saturated carbocycles. The van der Waals surface area contributed by atoms with Crippen molar-refractivity contribution < 1.29 is 15.3 Å². The van der Waals surface area contributed by atoms with Gasteiger partial charge in [0, 0.05) is 0 Å². The third-order valence-electron chi connectivity index (χ3n) is 9.22. The number of unbranched alkanes of at least 4 members (excludes halogenated alkanes) is 2. The second-order valence-corrected chi connectivity index (χ2v) is 11.7. The Hall–Kier alpha value is -1.32. The Morgan fingerprint density at radius 2 is 1.97 bits per heavy atom. The fourth-order valence-electron chi connectivity index (χ4n) is 7.83. The highest BCUT2D eigenvalue weighted by atomic mass is 16.3. The minimum atomic E-state index is -0.582. The molecular weight excluding hydrogens is 384 g/mol. The highest BCUT2D eigenvalue weighted by molar-refractivity contribution is 5.43. The number of phenols is 1. The first-order valence-electron chi connectivity index (χ1n) is 12.5. The van der Waals surface area contributed by atoms with Gasteiger partial charge in [0.2, 0.25) is 0 Å². The van der Waals surface area contributed by atoms with Gasteiger partial charge in [-0.15, -0.1) is 6.58 Å². The lowest BCUT2D eigenvalue weighted by atomic mass is 9.44. The van der Waals surface area contributed by atoms with Crippen LogP contribution in [-0.2, 0) is 6.42 Å². The molecule has 3 aliphatic carbocycles. The van der Waals surface area contributed by atoms with E-state index in [1.807, 2.05) is 26.0 Å². The maximum atomic E-state index is 11.0. The first-order valence-corrected chi connectivity index (χ1v) is 12.5. The van der Waals surface area contributed by atoms with Gasteiger partial charge in [-0.3, -0.25) is 0 Å². The maximum Gasteiger partial charge on any atom is 0.115 e. The summed E-state index contributed by atoms with van der Waals surface area (Å²) in [5, 5.41) is 31.2. The maximum absolute atomic E-state index is 11.0.